The Morgan fingerprint density at radius 3 is 2.44 bits per heavy atom. The van der Waals surface area contributed by atoms with E-state index in [1.807, 2.05) is 0 Å². The van der Waals surface area contributed by atoms with Gasteiger partial charge >= 0.3 is 0 Å². The molecule has 18 heavy (non-hydrogen) atoms. The van der Waals surface area contributed by atoms with Gasteiger partial charge in [-0.1, -0.05) is 54.4 Å². The Balaban J connectivity index is 2.64. The first kappa shape index (κ1) is 16.0. The van der Waals surface area contributed by atoms with Gasteiger partial charge in [0.05, 0.1) is 0 Å². The van der Waals surface area contributed by atoms with E-state index < -0.39 is 0 Å². The van der Waals surface area contributed by atoms with Gasteiger partial charge in [0.2, 0.25) is 0 Å². The molecule has 1 heterocycles. The van der Waals surface area contributed by atoms with Crippen LogP contribution in [0.25, 0.3) is 0 Å². The summed E-state index contributed by atoms with van der Waals surface area (Å²) in [4.78, 5) is 2.75. The number of hydrogen-bond acceptors (Lipinski definition) is 2. The van der Waals surface area contributed by atoms with E-state index in [2.05, 4.69) is 51.8 Å². The number of nitrogens with one attached hydrogen (secondary N) is 1. The van der Waals surface area contributed by atoms with Gasteiger partial charge in [-0.25, -0.2) is 0 Å². The van der Waals surface area contributed by atoms with Crippen LogP contribution in [0.2, 0.25) is 0 Å². The lowest BCUT2D eigenvalue weighted by molar-refractivity contribution is 0.0690. The SMILES string of the molecule is CCCC1CNC(C(C)(C)C)CN1CC(C)CC. The lowest BCUT2D eigenvalue weighted by atomic mass is 9.84. The van der Waals surface area contributed by atoms with Crippen LogP contribution in [0.15, 0.2) is 0 Å². The summed E-state index contributed by atoms with van der Waals surface area (Å²) in [6.07, 6.45) is 3.92. The molecule has 2 heteroatoms. The Morgan fingerprint density at radius 1 is 1.28 bits per heavy atom. The summed E-state index contributed by atoms with van der Waals surface area (Å²) in [5.41, 5.74) is 0.366. The third-order valence-corrected chi connectivity index (χ3v) is 4.44. The van der Waals surface area contributed by atoms with Gasteiger partial charge in [-0.2, -0.15) is 0 Å². The quantitative estimate of drug-likeness (QED) is 0.807. The Bertz CT molecular complexity index is 232. The van der Waals surface area contributed by atoms with Crippen LogP contribution < -0.4 is 5.32 Å². The summed E-state index contributed by atoms with van der Waals surface area (Å²) < 4.78 is 0. The fourth-order valence-corrected chi connectivity index (χ4v) is 2.81. The highest BCUT2D eigenvalue weighted by molar-refractivity contribution is 4.92. The number of nitrogens with zero attached hydrogens (tertiary/aromatic N) is 1. The Morgan fingerprint density at radius 2 is 1.94 bits per heavy atom. The fourth-order valence-electron chi connectivity index (χ4n) is 2.81. The van der Waals surface area contributed by atoms with Gasteiger partial charge in [0.25, 0.3) is 0 Å². The standard InChI is InChI=1S/C16H34N2/c1-7-9-14-10-17-15(16(4,5)6)12-18(14)11-13(3)8-2/h13-15,17H,7-12H2,1-6H3. The zero-order valence-corrected chi connectivity index (χ0v) is 13.4. The van der Waals surface area contributed by atoms with E-state index in [0.717, 1.165) is 12.0 Å². The molecule has 0 bridgehead atoms. The molecule has 1 rings (SSSR count). The lowest BCUT2D eigenvalue weighted by Gasteiger charge is -2.46. The molecule has 0 aromatic heterocycles. The van der Waals surface area contributed by atoms with Crippen molar-refractivity contribution in [1.29, 1.82) is 0 Å². The van der Waals surface area contributed by atoms with Gasteiger partial charge in [-0.3, -0.25) is 4.90 Å². The van der Waals surface area contributed by atoms with Crippen molar-refractivity contribution >= 4 is 0 Å². The molecule has 3 unspecified atom stereocenters. The van der Waals surface area contributed by atoms with Crippen LogP contribution in [-0.4, -0.2) is 36.6 Å². The van der Waals surface area contributed by atoms with Crippen molar-refractivity contribution in [1.82, 2.24) is 10.2 Å². The van der Waals surface area contributed by atoms with E-state index in [0.29, 0.717) is 11.5 Å². The Hall–Kier alpha value is -0.0800. The van der Waals surface area contributed by atoms with Gasteiger partial charge in [0.1, 0.15) is 0 Å². The summed E-state index contributed by atoms with van der Waals surface area (Å²) in [6, 6.07) is 1.39. The summed E-state index contributed by atoms with van der Waals surface area (Å²) >= 11 is 0. The van der Waals surface area contributed by atoms with Gasteiger partial charge < -0.3 is 5.32 Å². The first-order valence-electron chi connectivity index (χ1n) is 7.85. The van der Waals surface area contributed by atoms with Crippen LogP contribution in [-0.2, 0) is 0 Å². The second-order valence-electron chi connectivity index (χ2n) is 7.24. The van der Waals surface area contributed by atoms with Crippen LogP contribution in [0.4, 0.5) is 0 Å². The smallest absolute Gasteiger partial charge is 0.0244 e. The lowest BCUT2D eigenvalue weighted by Crippen LogP contribution is -2.60. The molecule has 0 aromatic rings. The molecule has 1 aliphatic rings. The number of hydrogen-bond donors (Lipinski definition) is 1. The average molecular weight is 254 g/mol. The fraction of sp³-hybridized carbons (Fsp3) is 1.00. The predicted molar refractivity (Wildman–Crippen MR) is 81.0 cm³/mol. The van der Waals surface area contributed by atoms with Gasteiger partial charge in [0.15, 0.2) is 0 Å². The molecule has 1 saturated heterocycles. The molecule has 0 amide bonds. The third-order valence-electron chi connectivity index (χ3n) is 4.44. The van der Waals surface area contributed by atoms with Crippen molar-refractivity contribution in [3.05, 3.63) is 0 Å². The van der Waals surface area contributed by atoms with Crippen molar-refractivity contribution in [2.24, 2.45) is 11.3 Å². The average Bonchev–Trinajstić information content (AvgIpc) is 2.30. The van der Waals surface area contributed by atoms with Crippen LogP contribution >= 0.6 is 0 Å². The molecule has 0 aromatic carbocycles. The minimum Gasteiger partial charge on any atom is -0.311 e. The van der Waals surface area contributed by atoms with E-state index in [-0.39, 0.29) is 0 Å². The predicted octanol–water partition coefficient (Wildman–Crippen LogP) is 3.52. The first-order chi connectivity index (χ1) is 8.38. The van der Waals surface area contributed by atoms with E-state index in [1.165, 1.54) is 38.9 Å². The van der Waals surface area contributed by atoms with Crippen molar-refractivity contribution in [3.63, 3.8) is 0 Å². The summed E-state index contributed by atoms with van der Waals surface area (Å²) in [6.45, 7) is 17.7. The minimum atomic E-state index is 0.366. The molecule has 0 aliphatic carbocycles. The maximum absolute atomic E-state index is 3.77. The number of piperazine rings is 1. The van der Waals surface area contributed by atoms with Crippen molar-refractivity contribution < 1.29 is 0 Å². The van der Waals surface area contributed by atoms with Gasteiger partial charge in [0, 0.05) is 31.7 Å². The summed E-state index contributed by atoms with van der Waals surface area (Å²) in [5, 5.41) is 3.77. The Labute approximate surface area is 115 Å². The Kier molecular flexibility index (Phi) is 6.13. The van der Waals surface area contributed by atoms with Gasteiger partial charge in [-0.05, 0) is 17.8 Å². The monoisotopic (exact) mass is 254 g/mol. The molecule has 2 nitrogen and oxygen atoms in total. The molecule has 0 radical (unpaired) electrons. The molecular formula is C16H34N2. The van der Waals surface area contributed by atoms with Crippen molar-refractivity contribution in [2.75, 3.05) is 19.6 Å². The maximum Gasteiger partial charge on any atom is 0.0244 e. The van der Waals surface area contributed by atoms with E-state index in [1.54, 1.807) is 0 Å². The molecule has 0 spiro atoms. The maximum atomic E-state index is 3.77. The molecule has 1 N–H and O–H groups in total. The zero-order chi connectivity index (χ0) is 13.8. The van der Waals surface area contributed by atoms with Crippen LogP contribution in [0.1, 0.15) is 60.8 Å². The second kappa shape index (κ2) is 6.91. The van der Waals surface area contributed by atoms with E-state index in [9.17, 15) is 0 Å². The van der Waals surface area contributed by atoms with Crippen LogP contribution in [0.3, 0.4) is 0 Å². The van der Waals surface area contributed by atoms with Gasteiger partial charge in [-0.15, -0.1) is 0 Å². The largest absolute Gasteiger partial charge is 0.311 e. The molecule has 3 atom stereocenters. The van der Waals surface area contributed by atoms with E-state index >= 15 is 0 Å². The van der Waals surface area contributed by atoms with Crippen LogP contribution in [0.5, 0.6) is 0 Å². The third kappa shape index (κ3) is 4.55. The highest BCUT2D eigenvalue weighted by Gasteiger charge is 2.33. The molecule has 1 aliphatic heterocycles. The molecule has 108 valence electrons. The minimum absolute atomic E-state index is 0.366. The first-order valence-corrected chi connectivity index (χ1v) is 7.85. The summed E-state index contributed by atoms with van der Waals surface area (Å²) in [5.74, 6) is 0.822. The van der Waals surface area contributed by atoms with Crippen molar-refractivity contribution in [2.45, 2.75) is 72.9 Å². The molecule has 0 saturated carbocycles. The molecule has 1 fully saturated rings. The highest BCUT2D eigenvalue weighted by atomic mass is 15.2. The highest BCUT2D eigenvalue weighted by Crippen LogP contribution is 2.25. The zero-order valence-electron chi connectivity index (χ0n) is 13.4. The van der Waals surface area contributed by atoms with Crippen LogP contribution in [0, 0.1) is 11.3 Å². The van der Waals surface area contributed by atoms with Crippen molar-refractivity contribution in [3.8, 4) is 0 Å². The molecular weight excluding hydrogens is 220 g/mol. The summed E-state index contributed by atoms with van der Waals surface area (Å²) in [7, 11) is 0. The normalized spacial score (nSPS) is 28.3. The number of rotatable bonds is 5. The topological polar surface area (TPSA) is 15.3 Å². The van der Waals surface area contributed by atoms with E-state index in [4.69, 9.17) is 0 Å². The second-order valence-corrected chi connectivity index (χ2v) is 7.24.